The minimum Gasteiger partial charge on any atom is -0.389 e. The molecule has 0 saturated carbocycles. The Labute approximate surface area is 88.3 Å². The fourth-order valence-corrected chi connectivity index (χ4v) is 1.29. The van der Waals surface area contributed by atoms with E-state index in [2.05, 4.69) is 21.6 Å². The van der Waals surface area contributed by atoms with Crippen molar-refractivity contribution in [3.05, 3.63) is 0 Å². The lowest BCUT2D eigenvalue weighted by Gasteiger charge is -2.13. The Balaban J connectivity index is 3.37. The van der Waals surface area contributed by atoms with Gasteiger partial charge in [0.25, 0.3) is 0 Å². The van der Waals surface area contributed by atoms with Crippen molar-refractivity contribution in [2.75, 3.05) is 26.2 Å². The maximum absolute atomic E-state index is 9.24. The third kappa shape index (κ3) is 10.5. The zero-order valence-electron chi connectivity index (χ0n) is 7.80. The summed E-state index contributed by atoms with van der Waals surface area (Å²) in [5, 5.41) is 12.2. The van der Waals surface area contributed by atoms with Crippen LogP contribution in [-0.2, 0) is 16.3 Å². The highest BCUT2D eigenvalue weighted by Crippen LogP contribution is 2.36. The Bertz CT molecular complexity index is 189. The Kier molecular flexibility index (Phi) is 7.89. The SMILES string of the molecule is NCCCNC[C@H](O)COP(O)(O)=S. The maximum atomic E-state index is 9.24. The molecular weight excluding hydrogens is 227 g/mol. The summed E-state index contributed by atoms with van der Waals surface area (Å²) in [6, 6.07) is 0. The van der Waals surface area contributed by atoms with Gasteiger partial charge in [0.15, 0.2) is 0 Å². The maximum Gasteiger partial charge on any atom is 0.321 e. The van der Waals surface area contributed by atoms with Crippen LogP contribution in [0.1, 0.15) is 6.42 Å². The molecule has 0 aromatic carbocycles. The minimum atomic E-state index is -3.64. The molecule has 0 fully saturated rings. The number of hydrogen-bond donors (Lipinski definition) is 5. The molecule has 0 aromatic heterocycles. The van der Waals surface area contributed by atoms with E-state index in [4.69, 9.17) is 15.5 Å². The van der Waals surface area contributed by atoms with Crippen LogP contribution in [0.15, 0.2) is 0 Å². The van der Waals surface area contributed by atoms with Crippen LogP contribution in [0, 0.1) is 0 Å². The van der Waals surface area contributed by atoms with Gasteiger partial charge >= 0.3 is 6.72 Å². The average Bonchev–Trinajstić information content (AvgIpc) is 2.08. The van der Waals surface area contributed by atoms with E-state index in [0.717, 1.165) is 6.42 Å². The van der Waals surface area contributed by atoms with Gasteiger partial charge in [-0.2, -0.15) is 0 Å². The molecule has 0 rings (SSSR count). The average molecular weight is 244 g/mol. The highest BCUT2D eigenvalue weighted by Gasteiger charge is 2.11. The summed E-state index contributed by atoms with van der Waals surface area (Å²) in [6.45, 7) is -2.21. The van der Waals surface area contributed by atoms with Gasteiger partial charge in [-0.05, 0) is 31.3 Å². The Hall–Kier alpha value is 0.410. The summed E-state index contributed by atoms with van der Waals surface area (Å²) in [6.07, 6.45) is 0.0281. The van der Waals surface area contributed by atoms with Crippen LogP contribution in [0.3, 0.4) is 0 Å². The molecule has 8 heteroatoms. The molecule has 14 heavy (non-hydrogen) atoms. The molecule has 0 heterocycles. The van der Waals surface area contributed by atoms with Crippen molar-refractivity contribution in [3.63, 3.8) is 0 Å². The lowest BCUT2D eigenvalue weighted by molar-refractivity contribution is 0.0972. The van der Waals surface area contributed by atoms with Crippen LogP contribution in [-0.4, -0.2) is 47.2 Å². The summed E-state index contributed by atoms with van der Waals surface area (Å²) < 4.78 is 4.47. The minimum absolute atomic E-state index is 0.181. The van der Waals surface area contributed by atoms with Gasteiger partial charge < -0.3 is 30.5 Å². The van der Waals surface area contributed by atoms with E-state index in [1.165, 1.54) is 0 Å². The molecule has 0 aliphatic heterocycles. The first kappa shape index (κ1) is 14.4. The molecule has 1 atom stereocenters. The van der Waals surface area contributed by atoms with Crippen LogP contribution in [0.25, 0.3) is 0 Å². The van der Waals surface area contributed by atoms with Crippen molar-refractivity contribution in [1.29, 1.82) is 0 Å². The van der Waals surface area contributed by atoms with Crippen molar-refractivity contribution in [1.82, 2.24) is 5.32 Å². The van der Waals surface area contributed by atoms with Crippen LogP contribution in [0.4, 0.5) is 0 Å². The number of aliphatic hydroxyl groups excluding tert-OH is 1. The fourth-order valence-electron chi connectivity index (χ4n) is 0.738. The Morgan fingerprint density at radius 3 is 2.64 bits per heavy atom. The van der Waals surface area contributed by atoms with E-state index in [1.807, 2.05) is 0 Å². The molecule has 0 radical (unpaired) electrons. The third-order valence-electron chi connectivity index (χ3n) is 1.37. The van der Waals surface area contributed by atoms with Crippen molar-refractivity contribution >= 4 is 18.5 Å². The quantitative estimate of drug-likeness (QED) is 0.261. The van der Waals surface area contributed by atoms with Gasteiger partial charge in [0, 0.05) is 6.54 Å². The van der Waals surface area contributed by atoms with Crippen LogP contribution in [0.2, 0.25) is 0 Å². The summed E-state index contributed by atoms with van der Waals surface area (Å²) in [5.74, 6) is 0. The lowest BCUT2D eigenvalue weighted by atomic mass is 10.3. The summed E-state index contributed by atoms with van der Waals surface area (Å²) in [5.41, 5.74) is 5.26. The number of nitrogens with one attached hydrogen (secondary N) is 1. The van der Waals surface area contributed by atoms with Crippen molar-refractivity contribution in [3.8, 4) is 0 Å². The van der Waals surface area contributed by atoms with E-state index in [9.17, 15) is 5.11 Å². The number of hydrogen-bond acceptors (Lipinski definition) is 5. The molecule has 0 saturated heterocycles. The Morgan fingerprint density at radius 1 is 1.50 bits per heavy atom. The second-order valence-corrected chi connectivity index (χ2v) is 5.45. The first-order chi connectivity index (χ1) is 6.45. The highest BCUT2D eigenvalue weighted by atomic mass is 32.5. The van der Waals surface area contributed by atoms with Gasteiger partial charge in [0.1, 0.15) is 0 Å². The summed E-state index contributed by atoms with van der Waals surface area (Å²) >= 11 is 4.21. The van der Waals surface area contributed by atoms with Gasteiger partial charge in [-0.3, -0.25) is 0 Å². The van der Waals surface area contributed by atoms with Crippen LogP contribution in [0.5, 0.6) is 0 Å². The van der Waals surface area contributed by atoms with E-state index in [0.29, 0.717) is 19.6 Å². The zero-order chi connectivity index (χ0) is 11.0. The van der Waals surface area contributed by atoms with Crippen molar-refractivity contribution in [2.45, 2.75) is 12.5 Å². The molecule has 0 aromatic rings. The number of rotatable bonds is 8. The molecule has 0 aliphatic carbocycles. The first-order valence-corrected chi connectivity index (χ1v) is 6.87. The van der Waals surface area contributed by atoms with Gasteiger partial charge in [-0.15, -0.1) is 0 Å². The zero-order valence-corrected chi connectivity index (χ0v) is 9.51. The van der Waals surface area contributed by atoms with Crippen molar-refractivity contribution in [2.24, 2.45) is 5.73 Å². The molecule has 0 spiro atoms. The van der Waals surface area contributed by atoms with E-state index in [1.54, 1.807) is 0 Å². The molecule has 6 nitrogen and oxygen atoms in total. The molecule has 0 unspecified atom stereocenters. The van der Waals surface area contributed by atoms with Crippen molar-refractivity contribution < 1.29 is 19.4 Å². The van der Waals surface area contributed by atoms with Gasteiger partial charge in [0.2, 0.25) is 0 Å². The topological polar surface area (TPSA) is 108 Å². The molecule has 86 valence electrons. The van der Waals surface area contributed by atoms with Gasteiger partial charge in [-0.25, -0.2) is 0 Å². The van der Waals surface area contributed by atoms with E-state index in [-0.39, 0.29) is 6.61 Å². The highest BCUT2D eigenvalue weighted by molar-refractivity contribution is 8.06. The molecular formula is C6H17N2O4PS. The molecule has 6 N–H and O–H groups in total. The van der Waals surface area contributed by atoms with E-state index >= 15 is 0 Å². The Morgan fingerprint density at radius 2 is 2.14 bits per heavy atom. The summed E-state index contributed by atoms with van der Waals surface area (Å²) in [7, 11) is 0. The normalized spacial score (nSPS) is 14.3. The lowest BCUT2D eigenvalue weighted by Crippen LogP contribution is -2.31. The fraction of sp³-hybridized carbons (Fsp3) is 1.00. The van der Waals surface area contributed by atoms with E-state index < -0.39 is 12.8 Å². The largest absolute Gasteiger partial charge is 0.389 e. The predicted octanol–water partition coefficient (Wildman–Crippen LogP) is -1.49. The van der Waals surface area contributed by atoms with Gasteiger partial charge in [-0.1, -0.05) is 0 Å². The predicted molar refractivity (Wildman–Crippen MR) is 57.2 cm³/mol. The smallest absolute Gasteiger partial charge is 0.321 e. The second-order valence-electron chi connectivity index (χ2n) is 2.79. The molecule has 0 amide bonds. The second kappa shape index (κ2) is 7.67. The third-order valence-corrected chi connectivity index (χ3v) is 2.17. The standard InChI is InChI=1S/C6H17N2O4PS/c7-2-1-3-8-4-6(9)5-12-13(10,11)14/h6,8-9H,1-5,7H2,(H2,10,11,14)/t6-/m0/s1. The number of aliphatic hydroxyl groups is 1. The van der Waals surface area contributed by atoms with Gasteiger partial charge in [0.05, 0.1) is 12.7 Å². The van der Waals surface area contributed by atoms with Crippen LogP contribution < -0.4 is 11.1 Å². The first-order valence-electron chi connectivity index (χ1n) is 4.24. The molecule has 0 bridgehead atoms. The number of nitrogens with two attached hydrogens (primary N) is 1. The molecule has 0 aliphatic rings. The van der Waals surface area contributed by atoms with Crippen LogP contribution >= 0.6 is 6.72 Å². The monoisotopic (exact) mass is 244 g/mol. The summed E-state index contributed by atoms with van der Waals surface area (Å²) in [4.78, 5) is 17.4.